The molecule has 0 atom stereocenters. The van der Waals surface area contributed by atoms with Gasteiger partial charge in [-0.2, -0.15) is 0 Å². The van der Waals surface area contributed by atoms with E-state index in [4.69, 9.17) is 21.1 Å². The number of carbonyl (C=O) groups is 1. The van der Waals surface area contributed by atoms with E-state index in [0.29, 0.717) is 29.6 Å². The van der Waals surface area contributed by atoms with E-state index in [1.54, 1.807) is 34.4 Å². The first kappa shape index (κ1) is 19.2. The number of fused-ring (bicyclic) bond motifs is 1. The number of halogens is 2. The molecule has 1 aliphatic heterocycles. The molecule has 0 N–H and O–H groups in total. The van der Waals surface area contributed by atoms with E-state index >= 15 is 0 Å². The van der Waals surface area contributed by atoms with Gasteiger partial charge in [0, 0.05) is 30.1 Å². The number of likely N-dealkylation sites (tertiary alicyclic amines) is 1. The van der Waals surface area contributed by atoms with Gasteiger partial charge < -0.3 is 9.42 Å². The molecule has 0 bridgehead atoms. The first-order valence-electron chi connectivity index (χ1n) is 9.65. The standard InChI is InChI=1S/C22H17ClFN3O2S/c23-14-5-6-20-17(11-14)25-21(30-20)13-7-9-27(10-8-13)22(28)18-12-19(29-26-18)15-3-1-2-4-16(15)24/h1-6,11-13H,7-10H2. The summed E-state index contributed by atoms with van der Waals surface area (Å²) in [7, 11) is 0. The van der Waals surface area contributed by atoms with Crippen LogP contribution < -0.4 is 0 Å². The van der Waals surface area contributed by atoms with E-state index < -0.39 is 5.82 Å². The number of hydrogen-bond acceptors (Lipinski definition) is 5. The number of nitrogens with zero attached hydrogens (tertiary/aromatic N) is 3. The molecule has 0 radical (unpaired) electrons. The second-order valence-corrected chi connectivity index (χ2v) is 8.79. The third-order valence-corrected chi connectivity index (χ3v) is 6.80. The molecule has 152 valence electrons. The molecule has 4 aromatic rings. The highest BCUT2D eigenvalue weighted by Gasteiger charge is 2.28. The van der Waals surface area contributed by atoms with Crippen LogP contribution in [0.15, 0.2) is 53.1 Å². The van der Waals surface area contributed by atoms with Crippen molar-refractivity contribution in [1.82, 2.24) is 15.0 Å². The lowest BCUT2D eigenvalue weighted by molar-refractivity contribution is 0.0702. The second kappa shape index (κ2) is 7.81. The van der Waals surface area contributed by atoms with E-state index in [9.17, 15) is 9.18 Å². The largest absolute Gasteiger partial charge is 0.355 e. The predicted octanol–water partition coefficient (Wildman–Crippen LogP) is 5.76. The molecule has 1 aliphatic rings. The summed E-state index contributed by atoms with van der Waals surface area (Å²) in [5.74, 6) is -0.0440. The summed E-state index contributed by atoms with van der Waals surface area (Å²) in [6.45, 7) is 1.23. The van der Waals surface area contributed by atoms with E-state index in [-0.39, 0.29) is 17.4 Å². The molecule has 0 saturated carbocycles. The smallest absolute Gasteiger partial charge is 0.276 e. The fraction of sp³-hybridized carbons (Fsp3) is 0.227. The Hall–Kier alpha value is -2.77. The van der Waals surface area contributed by atoms with Crippen molar-refractivity contribution in [2.45, 2.75) is 18.8 Å². The molecule has 1 saturated heterocycles. The van der Waals surface area contributed by atoms with Gasteiger partial charge in [-0.1, -0.05) is 28.9 Å². The Bertz CT molecular complexity index is 1230. The molecule has 0 unspecified atom stereocenters. The van der Waals surface area contributed by atoms with Gasteiger partial charge in [0.15, 0.2) is 11.5 Å². The van der Waals surface area contributed by atoms with E-state index in [1.165, 1.54) is 12.1 Å². The van der Waals surface area contributed by atoms with Gasteiger partial charge in [-0.25, -0.2) is 9.37 Å². The predicted molar refractivity (Wildman–Crippen MR) is 114 cm³/mol. The maximum absolute atomic E-state index is 13.9. The van der Waals surface area contributed by atoms with Crippen LogP contribution in [-0.4, -0.2) is 34.0 Å². The minimum Gasteiger partial charge on any atom is -0.355 e. The summed E-state index contributed by atoms with van der Waals surface area (Å²) in [4.78, 5) is 19.3. The van der Waals surface area contributed by atoms with Gasteiger partial charge in [-0.05, 0) is 43.2 Å². The molecule has 1 amide bonds. The first-order valence-corrected chi connectivity index (χ1v) is 10.8. The van der Waals surface area contributed by atoms with Crippen molar-refractivity contribution >= 4 is 39.1 Å². The fourth-order valence-electron chi connectivity index (χ4n) is 3.75. The number of amides is 1. The normalized spacial score (nSPS) is 15.1. The molecule has 8 heteroatoms. The van der Waals surface area contributed by atoms with Crippen molar-refractivity contribution in [3.05, 3.63) is 70.1 Å². The van der Waals surface area contributed by atoms with Gasteiger partial charge >= 0.3 is 0 Å². The molecular formula is C22H17ClFN3O2S. The summed E-state index contributed by atoms with van der Waals surface area (Å²) in [5.41, 5.74) is 1.41. The zero-order chi connectivity index (χ0) is 20.7. The zero-order valence-corrected chi connectivity index (χ0v) is 17.4. The Labute approximate surface area is 181 Å². The van der Waals surface area contributed by atoms with Crippen LogP contribution in [0.4, 0.5) is 4.39 Å². The Morgan fingerprint density at radius 2 is 1.97 bits per heavy atom. The van der Waals surface area contributed by atoms with Crippen molar-refractivity contribution in [3.63, 3.8) is 0 Å². The molecule has 2 aromatic heterocycles. The molecule has 1 fully saturated rings. The number of carbonyl (C=O) groups excluding carboxylic acids is 1. The average molecular weight is 442 g/mol. The van der Waals surface area contributed by atoms with E-state index in [2.05, 4.69) is 5.16 Å². The number of benzene rings is 2. The quantitative estimate of drug-likeness (QED) is 0.405. The first-order chi connectivity index (χ1) is 14.6. The van der Waals surface area contributed by atoms with Crippen LogP contribution in [0.5, 0.6) is 0 Å². The number of piperidine rings is 1. The molecule has 3 heterocycles. The minimum absolute atomic E-state index is 0.196. The molecular weight excluding hydrogens is 425 g/mol. The van der Waals surface area contributed by atoms with Crippen LogP contribution in [0.2, 0.25) is 5.02 Å². The number of thiazole rings is 1. The fourth-order valence-corrected chi connectivity index (χ4v) is 5.03. The second-order valence-electron chi connectivity index (χ2n) is 7.29. The van der Waals surface area contributed by atoms with Crippen molar-refractivity contribution in [1.29, 1.82) is 0 Å². The van der Waals surface area contributed by atoms with Crippen molar-refractivity contribution in [2.75, 3.05) is 13.1 Å². The van der Waals surface area contributed by atoms with Gasteiger partial charge in [0.05, 0.1) is 20.8 Å². The Balaban J connectivity index is 1.27. The summed E-state index contributed by atoms with van der Waals surface area (Å²) in [5, 5.41) is 5.64. The molecule has 0 aliphatic carbocycles. The lowest BCUT2D eigenvalue weighted by Gasteiger charge is -2.30. The van der Waals surface area contributed by atoms with E-state index in [1.807, 2.05) is 18.2 Å². The maximum atomic E-state index is 13.9. The highest BCUT2D eigenvalue weighted by atomic mass is 35.5. The minimum atomic E-state index is -0.411. The van der Waals surface area contributed by atoms with Crippen molar-refractivity contribution in [2.24, 2.45) is 0 Å². The third-order valence-electron chi connectivity index (χ3n) is 5.37. The van der Waals surface area contributed by atoms with Gasteiger partial charge in [0.2, 0.25) is 0 Å². The number of hydrogen-bond donors (Lipinski definition) is 0. The highest BCUT2D eigenvalue weighted by Crippen LogP contribution is 2.35. The van der Waals surface area contributed by atoms with Gasteiger partial charge in [0.25, 0.3) is 5.91 Å². The average Bonchev–Trinajstić information content (AvgIpc) is 3.41. The maximum Gasteiger partial charge on any atom is 0.276 e. The van der Waals surface area contributed by atoms with Crippen LogP contribution in [0, 0.1) is 5.82 Å². The summed E-state index contributed by atoms with van der Waals surface area (Å²) in [6.07, 6.45) is 1.66. The molecule has 0 spiro atoms. The van der Waals surface area contributed by atoms with Crippen LogP contribution in [-0.2, 0) is 0 Å². The lowest BCUT2D eigenvalue weighted by Crippen LogP contribution is -2.38. The zero-order valence-electron chi connectivity index (χ0n) is 15.8. The number of aromatic nitrogens is 2. The van der Waals surface area contributed by atoms with Crippen molar-refractivity contribution < 1.29 is 13.7 Å². The van der Waals surface area contributed by atoms with Crippen molar-refractivity contribution in [3.8, 4) is 11.3 Å². The van der Waals surface area contributed by atoms with Crippen LogP contribution in [0.3, 0.4) is 0 Å². The lowest BCUT2D eigenvalue weighted by atomic mass is 9.97. The Morgan fingerprint density at radius 3 is 2.77 bits per heavy atom. The van der Waals surface area contributed by atoms with E-state index in [0.717, 1.165) is 28.1 Å². The van der Waals surface area contributed by atoms with Crippen LogP contribution in [0.1, 0.15) is 34.3 Å². The van der Waals surface area contributed by atoms with Gasteiger partial charge in [-0.3, -0.25) is 4.79 Å². The summed E-state index contributed by atoms with van der Waals surface area (Å²) in [6, 6.07) is 13.5. The Kier molecular flexibility index (Phi) is 5.00. The van der Waals surface area contributed by atoms with Crippen LogP contribution in [0.25, 0.3) is 21.5 Å². The van der Waals surface area contributed by atoms with Crippen LogP contribution >= 0.6 is 22.9 Å². The Morgan fingerprint density at radius 1 is 1.17 bits per heavy atom. The molecule has 2 aromatic carbocycles. The summed E-state index contributed by atoms with van der Waals surface area (Å²) >= 11 is 7.75. The number of rotatable bonds is 3. The molecule has 30 heavy (non-hydrogen) atoms. The topological polar surface area (TPSA) is 59.2 Å². The molecule has 5 rings (SSSR count). The summed E-state index contributed by atoms with van der Waals surface area (Å²) < 4.78 is 20.3. The van der Waals surface area contributed by atoms with Gasteiger partial charge in [0.1, 0.15) is 5.82 Å². The monoisotopic (exact) mass is 441 g/mol. The third kappa shape index (κ3) is 3.59. The SMILES string of the molecule is O=C(c1cc(-c2ccccc2F)on1)N1CCC(c2nc3cc(Cl)ccc3s2)CC1. The highest BCUT2D eigenvalue weighted by molar-refractivity contribution is 7.18. The molecule has 5 nitrogen and oxygen atoms in total. The van der Waals surface area contributed by atoms with Gasteiger partial charge in [-0.15, -0.1) is 11.3 Å².